The number of nitrogens with one attached hydrogen (secondary N) is 2. The minimum Gasteiger partial charge on any atom is -0.360 e. The van der Waals surface area contributed by atoms with E-state index in [2.05, 4.69) is 40.1 Å². The van der Waals surface area contributed by atoms with Crippen LogP contribution in [0, 0.1) is 13.6 Å². The number of carbonyl (C=O) groups excluding carboxylic acids is 1. The summed E-state index contributed by atoms with van der Waals surface area (Å²) in [4.78, 5) is 20.9. The van der Waals surface area contributed by atoms with Crippen LogP contribution < -0.4 is 10.2 Å². The number of hydrogen-bond donors (Lipinski definition) is 2. The summed E-state index contributed by atoms with van der Waals surface area (Å²) in [5, 5.41) is 4.37. The molecule has 5 rings (SSSR count). The zero-order chi connectivity index (χ0) is 18.4. The molecule has 137 valence electrons. The number of aromatic nitrogens is 1. The second kappa shape index (κ2) is 6.34. The van der Waals surface area contributed by atoms with Gasteiger partial charge in [-0.2, -0.15) is 0 Å². The molecule has 2 aliphatic rings. The van der Waals surface area contributed by atoms with Crippen LogP contribution in [0.25, 0.3) is 10.9 Å². The van der Waals surface area contributed by atoms with Crippen molar-refractivity contribution in [3.05, 3.63) is 66.5 Å². The summed E-state index contributed by atoms with van der Waals surface area (Å²) in [7, 11) is 0. The number of para-hydroxylation sites is 3. The van der Waals surface area contributed by atoms with Crippen LogP contribution in [0.3, 0.4) is 0 Å². The number of amides is 1. The third-order valence-corrected chi connectivity index (χ3v) is 5.79. The van der Waals surface area contributed by atoms with E-state index in [1.807, 2.05) is 42.2 Å². The minimum absolute atomic E-state index is 0.146. The predicted molar refractivity (Wildman–Crippen MR) is 109 cm³/mol. The lowest BCUT2D eigenvalue weighted by Gasteiger charge is -2.37. The van der Waals surface area contributed by atoms with Gasteiger partial charge in [0, 0.05) is 35.7 Å². The van der Waals surface area contributed by atoms with Gasteiger partial charge in [0.05, 0.1) is 16.9 Å². The molecule has 2 N–H and O–H groups in total. The highest BCUT2D eigenvalue weighted by molar-refractivity contribution is 6.08. The van der Waals surface area contributed by atoms with Crippen LogP contribution in [0.1, 0.15) is 28.9 Å². The second-order valence-corrected chi connectivity index (χ2v) is 7.39. The molecule has 0 saturated carbocycles. The topological polar surface area (TPSA) is 51.4 Å². The van der Waals surface area contributed by atoms with Gasteiger partial charge in [-0.1, -0.05) is 30.3 Å². The third kappa shape index (κ3) is 2.65. The molecule has 5 heteroatoms. The summed E-state index contributed by atoms with van der Waals surface area (Å²) in [5.41, 5.74) is 5.20. The molecule has 1 amide bonds. The largest absolute Gasteiger partial charge is 0.360 e. The monoisotopic (exact) mass is 359 g/mol. The summed E-state index contributed by atoms with van der Waals surface area (Å²) < 4.78 is 0. The smallest absolute Gasteiger partial charge is 0.256 e. The first-order chi connectivity index (χ1) is 13.2. The number of H-pyrrole nitrogens is 1. The van der Waals surface area contributed by atoms with E-state index < -0.39 is 0 Å². The first-order valence-electron chi connectivity index (χ1n) is 9.56. The van der Waals surface area contributed by atoms with Gasteiger partial charge in [0.15, 0.2) is 0 Å². The van der Waals surface area contributed by atoms with Crippen molar-refractivity contribution in [1.29, 1.82) is 0 Å². The van der Waals surface area contributed by atoms with E-state index in [1.165, 1.54) is 5.69 Å². The maximum absolute atomic E-state index is 13.2. The summed E-state index contributed by atoms with van der Waals surface area (Å²) in [6, 6.07) is 16.8. The van der Waals surface area contributed by atoms with Crippen LogP contribution in [-0.4, -0.2) is 34.9 Å². The van der Waals surface area contributed by atoms with Gasteiger partial charge in [0.2, 0.25) is 0 Å². The maximum atomic E-state index is 13.2. The Morgan fingerprint density at radius 1 is 1.04 bits per heavy atom. The lowest BCUT2D eigenvalue weighted by atomic mass is 10.0. The summed E-state index contributed by atoms with van der Waals surface area (Å²) >= 11 is 0. The van der Waals surface area contributed by atoms with Crippen molar-refractivity contribution < 1.29 is 4.79 Å². The lowest BCUT2D eigenvalue weighted by molar-refractivity contribution is 0.0715. The fraction of sp³-hybridized carbons (Fsp3) is 0.273. The SMILES string of the molecule is Cc1[nH]c2ccccc2c1C(=O)N1CCC(N2[CH]Nc3ccccc32)CC1. The molecule has 27 heavy (non-hydrogen) atoms. The van der Waals surface area contributed by atoms with Gasteiger partial charge in [-0.3, -0.25) is 4.79 Å². The van der Waals surface area contributed by atoms with Crippen molar-refractivity contribution in [1.82, 2.24) is 9.88 Å². The second-order valence-electron chi connectivity index (χ2n) is 7.39. The van der Waals surface area contributed by atoms with Gasteiger partial charge < -0.3 is 20.1 Å². The van der Waals surface area contributed by atoms with Crippen LogP contribution >= 0.6 is 0 Å². The van der Waals surface area contributed by atoms with E-state index in [-0.39, 0.29) is 5.91 Å². The van der Waals surface area contributed by atoms with E-state index in [1.54, 1.807) is 0 Å². The van der Waals surface area contributed by atoms with Gasteiger partial charge in [-0.05, 0) is 38.0 Å². The average molecular weight is 359 g/mol. The molecule has 1 aromatic heterocycles. The van der Waals surface area contributed by atoms with E-state index in [9.17, 15) is 4.79 Å². The van der Waals surface area contributed by atoms with Crippen molar-refractivity contribution in [2.75, 3.05) is 23.3 Å². The van der Waals surface area contributed by atoms with E-state index in [0.717, 1.165) is 53.8 Å². The molecule has 3 heterocycles. The van der Waals surface area contributed by atoms with Crippen molar-refractivity contribution in [2.24, 2.45) is 0 Å². The normalized spacial score (nSPS) is 17.2. The molecule has 0 unspecified atom stereocenters. The number of benzene rings is 2. The summed E-state index contributed by atoms with van der Waals surface area (Å²) in [6.07, 6.45) is 1.94. The van der Waals surface area contributed by atoms with Crippen molar-refractivity contribution in [3.63, 3.8) is 0 Å². The van der Waals surface area contributed by atoms with Crippen molar-refractivity contribution in [2.45, 2.75) is 25.8 Å². The molecular weight excluding hydrogens is 336 g/mol. The molecule has 1 saturated heterocycles. The number of anilines is 2. The molecule has 3 aromatic rings. The van der Waals surface area contributed by atoms with Gasteiger partial charge in [0.1, 0.15) is 6.67 Å². The number of aryl methyl sites for hydroxylation is 1. The van der Waals surface area contributed by atoms with Crippen LogP contribution in [0.5, 0.6) is 0 Å². The Morgan fingerprint density at radius 2 is 1.78 bits per heavy atom. The number of likely N-dealkylation sites (tertiary alicyclic amines) is 1. The van der Waals surface area contributed by atoms with Gasteiger partial charge >= 0.3 is 0 Å². The number of hydrogen-bond acceptors (Lipinski definition) is 3. The summed E-state index contributed by atoms with van der Waals surface area (Å²) in [6.45, 7) is 5.63. The molecule has 1 fully saturated rings. The number of nitrogens with zero attached hydrogens (tertiary/aromatic N) is 2. The van der Waals surface area contributed by atoms with E-state index >= 15 is 0 Å². The van der Waals surface area contributed by atoms with Crippen LogP contribution in [0.4, 0.5) is 11.4 Å². The van der Waals surface area contributed by atoms with Crippen molar-refractivity contribution in [3.8, 4) is 0 Å². The van der Waals surface area contributed by atoms with Crippen LogP contribution in [-0.2, 0) is 0 Å². The first-order valence-corrected chi connectivity index (χ1v) is 9.56. The third-order valence-electron chi connectivity index (χ3n) is 5.79. The molecule has 0 aliphatic carbocycles. The minimum atomic E-state index is 0.146. The standard InChI is InChI=1S/C22H23N4O/c1-15-21(17-6-2-3-7-18(17)24-15)22(27)25-12-10-16(11-13-25)26-14-23-19-8-4-5-9-20(19)26/h2-9,14,16,23-24H,10-13H2,1H3. The quantitative estimate of drug-likeness (QED) is 0.723. The highest BCUT2D eigenvalue weighted by Gasteiger charge is 2.32. The zero-order valence-electron chi connectivity index (χ0n) is 15.4. The van der Waals surface area contributed by atoms with E-state index in [4.69, 9.17) is 0 Å². The molecule has 2 aliphatic heterocycles. The Balaban J connectivity index is 1.32. The Labute approximate surface area is 159 Å². The van der Waals surface area contributed by atoms with Crippen LogP contribution in [0.15, 0.2) is 48.5 Å². The number of rotatable bonds is 2. The molecule has 2 aromatic carbocycles. The Bertz CT molecular complexity index is 1000. The zero-order valence-corrected chi connectivity index (χ0v) is 15.4. The Hall–Kier alpha value is -2.95. The molecule has 0 atom stereocenters. The molecule has 0 spiro atoms. The fourth-order valence-corrected chi connectivity index (χ4v) is 4.39. The number of aromatic amines is 1. The highest BCUT2D eigenvalue weighted by Crippen LogP contribution is 2.36. The highest BCUT2D eigenvalue weighted by atomic mass is 16.2. The summed E-state index contributed by atoms with van der Waals surface area (Å²) in [5.74, 6) is 0.146. The predicted octanol–water partition coefficient (Wildman–Crippen LogP) is 4.13. The van der Waals surface area contributed by atoms with Gasteiger partial charge in [-0.25, -0.2) is 0 Å². The number of carbonyl (C=O) groups is 1. The average Bonchev–Trinajstić information content (AvgIpc) is 3.28. The lowest BCUT2D eigenvalue weighted by Crippen LogP contribution is -2.45. The molecular formula is C22H23N4O. The molecule has 0 bridgehead atoms. The van der Waals surface area contributed by atoms with Gasteiger partial charge in [0.25, 0.3) is 5.91 Å². The molecule has 1 radical (unpaired) electrons. The Kier molecular flexibility index (Phi) is 3.81. The first kappa shape index (κ1) is 16.2. The maximum Gasteiger partial charge on any atom is 0.256 e. The van der Waals surface area contributed by atoms with Crippen molar-refractivity contribution >= 4 is 28.2 Å². The number of fused-ring (bicyclic) bond motifs is 2. The Morgan fingerprint density at radius 3 is 2.63 bits per heavy atom. The van der Waals surface area contributed by atoms with Crippen LogP contribution in [0.2, 0.25) is 0 Å². The fourth-order valence-electron chi connectivity index (χ4n) is 4.39. The number of piperidine rings is 1. The van der Waals surface area contributed by atoms with E-state index in [0.29, 0.717) is 6.04 Å². The van der Waals surface area contributed by atoms with Gasteiger partial charge in [-0.15, -0.1) is 0 Å². The molecule has 5 nitrogen and oxygen atoms in total.